The van der Waals surface area contributed by atoms with E-state index < -0.39 is 5.97 Å². The molecule has 3 nitrogen and oxygen atoms in total. The van der Waals surface area contributed by atoms with Gasteiger partial charge in [0.25, 0.3) is 0 Å². The van der Waals surface area contributed by atoms with Gasteiger partial charge in [-0.05, 0) is 91.6 Å². The maximum Gasteiger partial charge on any atom is 0.304 e. The number of hydrogen-bond acceptors (Lipinski definition) is 2. The Morgan fingerprint density at radius 2 is 1.79 bits per heavy atom. The van der Waals surface area contributed by atoms with Gasteiger partial charge in [-0.3, -0.25) is 4.79 Å². The number of benzene rings is 3. The van der Waals surface area contributed by atoms with Gasteiger partial charge >= 0.3 is 5.97 Å². The van der Waals surface area contributed by atoms with Gasteiger partial charge in [-0.1, -0.05) is 60.2 Å². The van der Waals surface area contributed by atoms with E-state index in [4.69, 9.17) is 4.74 Å². The first kappa shape index (κ1) is 22.8. The van der Waals surface area contributed by atoms with E-state index in [0.29, 0.717) is 0 Å². The second-order valence-electron chi connectivity index (χ2n) is 9.35. The van der Waals surface area contributed by atoms with Crippen LogP contribution in [-0.4, -0.2) is 11.1 Å². The minimum absolute atomic E-state index is 0.0141. The molecule has 0 saturated heterocycles. The number of hydrogen-bond donors (Lipinski definition) is 1. The minimum Gasteiger partial charge on any atom is -0.485 e. The number of aliphatic carboxylic acids is 1. The van der Waals surface area contributed by atoms with Crippen LogP contribution in [-0.2, 0) is 11.2 Å². The molecule has 0 radical (unpaired) electrons. The molecule has 33 heavy (non-hydrogen) atoms. The lowest BCUT2D eigenvalue weighted by atomic mass is 9.89. The van der Waals surface area contributed by atoms with Crippen molar-refractivity contribution >= 4 is 5.97 Å². The third-order valence-corrected chi connectivity index (χ3v) is 6.42. The van der Waals surface area contributed by atoms with Gasteiger partial charge in [0.2, 0.25) is 0 Å². The zero-order valence-electron chi connectivity index (χ0n) is 19.9. The molecule has 4 rings (SSSR count). The van der Waals surface area contributed by atoms with Crippen molar-refractivity contribution in [2.45, 2.75) is 59.0 Å². The van der Waals surface area contributed by atoms with Crippen LogP contribution in [0.2, 0.25) is 0 Å². The summed E-state index contributed by atoms with van der Waals surface area (Å²) in [5, 5.41) is 9.34. The standard InChI is InChI=1S/C30H32O3/c1-19(2)15-26(18-29(31)32)22-11-13-28-24(16-22)12-14-27(33-28)23-9-6-10-25(17-23)30-20(3)7-5-8-21(30)4/h5-11,13,15-17,26-27H,12,14,18H2,1-4H3,(H,31,32). The molecule has 170 valence electrons. The van der Waals surface area contributed by atoms with Crippen molar-refractivity contribution in [2.24, 2.45) is 0 Å². The van der Waals surface area contributed by atoms with Gasteiger partial charge in [0.15, 0.2) is 0 Å². The number of allylic oxidation sites excluding steroid dienone is 2. The fourth-order valence-electron chi connectivity index (χ4n) is 4.90. The van der Waals surface area contributed by atoms with E-state index in [2.05, 4.69) is 62.4 Å². The summed E-state index contributed by atoms with van der Waals surface area (Å²) in [6.45, 7) is 8.33. The van der Waals surface area contributed by atoms with Crippen LogP contribution < -0.4 is 4.74 Å². The highest BCUT2D eigenvalue weighted by molar-refractivity contribution is 5.71. The van der Waals surface area contributed by atoms with Crippen LogP contribution in [0.1, 0.15) is 66.5 Å². The fourth-order valence-corrected chi connectivity index (χ4v) is 4.90. The molecule has 0 aliphatic carbocycles. The maximum absolute atomic E-state index is 11.4. The molecule has 1 aliphatic heterocycles. The van der Waals surface area contributed by atoms with Crippen molar-refractivity contribution in [3.8, 4) is 16.9 Å². The molecule has 0 saturated carbocycles. The Bertz CT molecular complexity index is 1180. The predicted octanol–water partition coefficient (Wildman–Crippen LogP) is 7.56. The molecule has 0 aromatic heterocycles. The van der Waals surface area contributed by atoms with E-state index in [1.165, 1.54) is 27.8 Å². The first-order valence-corrected chi connectivity index (χ1v) is 11.6. The van der Waals surface area contributed by atoms with Crippen molar-refractivity contribution < 1.29 is 14.6 Å². The number of fused-ring (bicyclic) bond motifs is 1. The monoisotopic (exact) mass is 440 g/mol. The van der Waals surface area contributed by atoms with Crippen LogP contribution in [0.15, 0.2) is 72.3 Å². The first-order chi connectivity index (χ1) is 15.8. The number of ether oxygens (including phenoxy) is 1. The molecule has 0 fully saturated rings. The largest absolute Gasteiger partial charge is 0.485 e. The summed E-state index contributed by atoms with van der Waals surface area (Å²) in [6.07, 6.45) is 3.97. The predicted molar refractivity (Wildman–Crippen MR) is 134 cm³/mol. The summed E-state index contributed by atoms with van der Waals surface area (Å²) in [7, 11) is 0. The molecular formula is C30H32O3. The molecule has 2 atom stereocenters. The van der Waals surface area contributed by atoms with Gasteiger partial charge in [0.1, 0.15) is 11.9 Å². The van der Waals surface area contributed by atoms with Crippen LogP contribution in [0.4, 0.5) is 0 Å². The lowest BCUT2D eigenvalue weighted by Gasteiger charge is -2.28. The first-order valence-electron chi connectivity index (χ1n) is 11.6. The van der Waals surface area contributed by atoms with Gasteiger partial charge in [-0.15, -0.1) is 0 Å². The molecular weight excluding hydrogens is 408 g/mol. The van der Waals surface area contributed by atoms with Gasteiger partial charge in [0.05, 0.1) is 6.42 Å². The number of aryl methyl sites for hydroxylation is 3. The lowest BCUT2D eigenvalue weighted by Crippen LogP contribution is -2.16. The Balaban J connectivity index is 1.59. The highest BCUT2D eigenvalue weighted by Crippen LogP contribution is 2.38. The molecule has 3 aromatic rings. The Kier molecular flexibility index (Phi) is 6.69. The summed E-state index contributed by atoms with van der Waals surface area (Å²) in [4.78, 5) is 11.4. The Hall–Kier alpha value is -3.33. The second-order valence-corrected chi connectivity index (χ2v) is 9.35. The Labute approximate surface area is 196 Å². The van der Waals surface area contributed by atoms with Crippen molar-refractivity contribution in [3.63, 3.8) is 0 Å². The van der Waals surface area contributed by atoms with E-state index in [9.17, 15) is 9.90 Å². The third kappa shape index (κ3) is 5.19. The number of carboxylic acid groups (broad SMARTS) is 1. The molecule has 0 bridgehead atoms. The smallest absolute Gasteiger partial charge is 0.304 e. The van der Waals surface area contributed by atoms with Crippen molar-refractivity contribution in [3.05, 3.63) is 100 Å². The normalized spacial score (nSPS) is 15.8. The zero-order valence-corrected chi connectivity index (χ0v) is 19.9. The van der Waals surface area contributed by atoms with E-state index in [-0.39, 0.29) is 18.4 Å². The average molecular weight is 441 g/mol. The minimum atomic E-state index is -0.782. The fraction of sp³-hybridized carbons (Fsp3) is 0.300. The summed E-state index contributed by atoms with van der Waals surface area (Å²) in [5.74, 6) is -0.00128. The lowest BCUT2D eigenvalue weighted by molar-refractivity contribution is -0.137. The maximum atomic E-state index is 11.4. The second kappa shape index (κ2) is 9.66. The van der Waals surface area contributed by atoms with Crippen LogP contribution in [0.5, 0.6) is 5.75 Å². The number of rotatable bonds is 6. The van der Waals surface area contributed by atoms with Gasteiger partial charge in [0, 0.05) is 5.92 Å². The molecule has 2 unspecified atom stereocenters. The summed E-state index contributed by atoms with van der Waals surface area (Å²) < 4.78 is 6.43. The number of carbonyl (C=O) groups is 1. The Morgan fingerprint density at radius 3 is 2.48 bits per heavy atom. The average Bonchev–Trinajstić information content (AvgIpc) is 2.77. The third-order valence-electron chi connectivity index (χ3n) is 6.42. The quantitative estimate of drug-likeness (QED) is 0.402. The highest BCUT2D eigenvalue weighted by Gasteiger charge is 2.23. The van der Waals surface area contributed by atoms with Gasteiger partial charge in [-0.25, -0.2) is 0 Å². The molecule has 1 aliphatic rings. The molecule has 3 aromatic carbocycles. The molecule has 0 amide bonds. The zero-order chi connectivity index (χ0) is 23.5. The van der Waals surface area contributed by atoms with Crippen molar-refractivity contribution in [2.75, 3.05) is 0 Å². The SMILES string of the molecule is CC(C)=CC(CC(=O)O)c1ccc2c(c1)CCC(c1cccc(-c3c(C)cccc3C)c1)O2. The van der Waals surface area contributed by atoms with E-state index in [1.54, 1.807) is 0 Å². The van der Waals surface area contributed by atoms with Crippen LogP contribution in [0, 0.1) is 13.8 Å². The van der Waals surface area contributed by atoms with Crippen molar-refractivity contribution in [1.29, 1.82) is 0 Å². The molecule has 1 heterocycles. The summed E-state index contributed by atoms with van der Waals surface area (Å²) in [5.41, 5.74) is 9.60. The number of carboxylic acids is 1. The molecule has 3 heteroatoms. The molecule has 0 spiro atoms. The summed E-state index contributed by atoms with van der Waals surface area (Å²) in [6, 6.07) is 21.3. The van der Waals surface area contributed by atoms with E-state index >= 15 is 0 Å². The summed E-state index contributed by atoms with van der Waals surface area (Å²) >= 11 is 0. The van der Waals surface area contributed by atoms with Crippen LogP contribution in [0.3, 0.4) is 0 Å². The molecule has 1 N–H and O–H groups in total. The van der Waals surface area contributed by atoms with Crippen molar-refractivity contribution in [1.82, 2.24) is 0 Å². The van der Waals surface area contributed by atoms with Gasteiger partial charge in [-0.2, -0.15) is 0 Å². The Morgan fingerprint density at radius 1 is 1.06 bits per heavy atom. The van der Waals surface area contributed by atoms with Crippen LogP contribution in [0.25, 0.3) is 11.1 Å². The van der Waals surface area contributed by atoms with E-state index in [0.717, 1.165) is 35.3 Å². The van der Waals surface area contributed by atoms with Crippen LogP contribution >= 0.6 is 0 Å². The van der Waals surface area contributed by atoms with Gasteiger partial charge < -0.3 is 9.84 Å². The highest BCUT2D eigenvalue weighted by atomic mass is 16.5. The van der Waals surface area contributed by atoms with E-state index in [1.807, 2.05) is 32.1 Å². The topological polar surface area (TPSA) is 46.5 Å².